The van der Waals surface area contributed by atoms with E-state index in [9.17, 15) is 9.59 Å². The first-order valence-corrected chi connectivity index (χ1v) is 6.41. The summed E-state index contributed by atoms with van der Waals surface area (Å²) < 4.78 is 0. The number of amides is 3. The van der Waals surface area contributed by atoms with Crippen molar-refractivity contribution in [3.8, 4) is 0 Å². The maximum atomic E-state index is 11.9. The zero-order valence-electron chi connectivity index (χ0n) is 11.3. The van der Waals surface area contributed by atoms with Crippen molar-refractivity contribution in [2.45, 2.75) is 40.0 Å². The summed E-state index contributed by atoms with van der Waals surface area (Å²) >= 11 is 5.61. The summed E-state index contributed by atoms with van der Waals surface area (Å²) in [4.78, 5) is 24.9. The van der Waals surface area contributed by atoms with Gasteiger partial charge in [0.2, 0.25) is 5.91 Å². The minimum Gasteiger partial charge on any atom is -0.324 e. The predicted octanol–water partition coefficient (Wildman–Crippen LogP) is 2.46. The Labute approximate surface area is 109 Å². The molecular weight excluding hydrogens is 240 g/mol. The van der Waals surface area contributed by atoms with Crippen LogP contribution in [0.25, 0.3) is 0 Å². The minimum atomic E-state index is -0.695. The lowest BCUT2D eigenvalue weighted by Gasteiger charge is -2.26. The molecule has 100 valence electrons. The molecule has 0 aromatic carbocycles. The van der Waals surface area contributed by atoms with Crippen LogP contribution in [0.4, 0.5) is 4.79 Å². The second-order valence-corrected chi connectivity index (χ2v) is 5.76. The molecule has 3 amide bonds. The number of imide groups is 1. The van der Waals surface area contributed by atoms with Crippen LogP contribution >= 0.6 is 11.6 Å². The Kier molecular flexibility index (Phi) is 7.19. The molecule has 0 aliphatic rings. The molecule has 0 rings (SSSR count). The number of halogens is 1. The Balaban J connectivity index is 4.46. The van der Waals surface area contributed by atoms with Crippen LogP contribution in [0.15, 0.2) is 0 Å². The molecular formula is C12H23ClN2O2. The van der Waals surface area contributed by atoms with Crippen LogP contribution in [0.2, 0.25) is 0 Å². The molecule has 0 heterocycles. The van der Waals surface area contributed by atoms with Gasteiger partial charge >= 0.3 is 6.03 Å². The number of alkyl halides is 1. The maximum absolute atomic E-state index is 11.9. The number of nitrogens with one attached hydrogen (secondary N) is 1. The minimum absolute atomic E-state index is 0.357. The molecule has 0 saturated carbocycles. The van der Waals surface area contributed by atoms with Crippen LogP contribution in [0.3, 0.4) is 0 Å². The molecule has 4 nitrogen and oxygen atoms in total. The summed E-state index contributed by atoms with van der Waals surface area (Å²) in [5.74, 6) is 0.278. The Hall–Kier alpha value is -0.770. The van der Waals surface area contributed by atoms with Crippen LogP contribution in [0, 0.1) is 11.8 Å². The van der Waals surface area contributed by atoms with Crippen molar-refractivity contribution in [1.29, 1.82) is 0 Å². The van der Waals surface area contributed by atoms with E-state index in [2.05, 4.69) is 5.32 Å². The summed E-state index contributed by atoms with van der Waals surface area (Å²) in [7, 11) is 0. The van der Waals surface area contributed by atoms with Crippen LogP contribution in [0.5, 0.6) is 0 Å². The molecule has 17 heavy (non-hydrogen) atoms. The quantitative estimate of drug-likeness (QED) is 0.774. The number of hydrogen-bond donors (Lipinski definition) is 1. The van der Waals surface area contributed by atoms with E-state index < -0.39 is 11.3 Å². The monoisotopic (exact) mass is 262 g/mol. The third kappa shape index (κ3) is 7.21. The molecule has 0 bridgehead atoms. The molecule has 1 N–H and O–H groups in total. The van der Waals surface area contributed by atoms with Gasteiger partial charge in [0, 0.05) is 13.1 Å². The Morgan fingerprint density at radius 2 is 1.47 bits per heavy atom. The summed E-state index contributed by atoms with van der Waals surface area (Å²) in [6.07, 6.45) is 0. The molecule has 0 aromatic rings. The number of rotatable bonds is 5. The number of urea groups is 1. The van der Waals surface area contributed by atoms with E-state index in [1.165, 1.54) is 0 Å². The van der Waals surface area contributed by atoms with Gasteiger partial charge < -0.3 is 4.90 Å². The van der Waals surface area contributed by atoms with E-state index in [4.69, 9.17) is 11.6 Å². The standard InChI is InChI=1S/C12H23ClN2O2/c1-8(2)6-15(7-9(3)4)12(17)14-11(16)10(5)13/h8-10H,6-7H2,1-5H3,(H,14,16,17). The van der Waals surface area contributed by atoms with E-state index in [1.54, 1.807) is 11.8 Å². The molecule has 5 heteroatoms. The first-order valence-electron chi connectivity index (χ1n) is 5.97. The third-order valence-corrected chi connectivity index (χ3v) is 2.25. The van der Waals surface area contributed by atoms with Crippen molar-refractivity contribution < 1.29 is 9.59 Å². The van der Waals surface area contributed by atoms with E-state index in [1.807, 2.05) is 27.7 Å². The second-order valence-electron chi connectivity index (χ2n) is 5.10. The smallest absolute Gasteiger partial charge is 0.324 e. The lowest BCUT2D eigenvalue weighted by molar-refractivity contribution is -0.119. The zero-order valence-corrected chi connectivity index (χ0v) is 12.0. The van der Waals surface area contributed by atoms with E-state index in [-0.39, 0.29) is 6.03 Å². The molecule has 0 radical (unpaired) electrons. The Morgan fingerprint density at radius 3 is 1.76 bits per heavy atom. The van der Waals surface area contributed by atoms with Gasteiger partial charge in [-0.2, -0.15) is 0 Å². The fourth-order valence-electron chi connectivity index (χ4n) is 1.41. The average molecular weight is 263 g/mol. The molecule has 0 aliphatic heterocycles. The summed E-state index contributed by atoms with van der Waals surface area (Å²) in [6.45, 7) is 10.9. The molecule has 1 unspecified atom stereocenters. The molecule has 1 atom stereocenters. The third-order valence-electron chi connectivity index (χ3n) is 2.05. The first-order chi connectivity index (χ1) is 7.73. The van der Waals surface area contributed by atoms with Crippen LogP contribution in [0.1, 0.15) is 34.6 Å². The summed E-state index contributed by atoms with van der Waals surface area (Å²) in [5, 5.41) is 1.61. The molecule has 0 aromatic heterocycles. The van der Waals surface area contributed by atoms with Crippen LogP contribution < -0.4 is 5.32 Å². The van der Waals surface area contributed by atoms with Gasteiger partial charge in [-0.15, -0.1) is 11.6 Å². The lowest BCUT2D eigenvalue weighted by Crippen LogP contribution is -2.47. The van der Waals surface area contributed by atoms with Gasteiger partial charge in [0.25, 0.3) is 0 Å². The largest absolute Gasteiger partial charge is 0.324 e. The number of nitrogens with zero attached hydrogens (tertiary/aromatic N) is 1. The van der Waals surface area contributed by atoms with Gasteiger partial charge in [0.15, 0.2) is 0 Å². The van der Waals surface area contributed by atoms with Crippen LogP contribution in [-0.2, 0) is 4.79 Å². The van der Waals surface area contributed by atoms with E-state index >= 15 is 0 Å². The van der Waals surface area contributed by atoms with Gasteiger partial charge in [-0.05, 0) is 18.8 Å². The Morgan fingerprint density at radius 1 is 1.06 bits per heavy atom. The topological polar surface area (TPSA) is 49.4 Å². The van der Waals surface area contributed by atoms with Crippen molar-refractivity contribution in [1.82, 2.24) is 10.2 Å². The number of hydrogen-bond acceptors (Lipinski definition) is 2. The van der Waals surface area contributed by atoms with Crippen LogP contribution in [-0.4, -0.2) is 35.3 Å². The predicted molar refractivity (Wildman–Crippen MR) is 70.1 cm³/mol. The first kappa shape index (κ1) is 16.2. The van der Waals surface area contributed by atoms with Crippen molar-refractivity contribution in [2.75, 3.05) is 13.1 Å². The van der Waals surface area contributed by atoms with Gasteiger partial charge in [-0.3, -0.25) is 10.1 Å². The second kappa shape index (κ2) is 7.54. The van der Waals surface area contributed by atoms with Crippen molar-refractivity contribution in [3.63, 3.8) is 0 Å². The van der Waals surface area contributed by atoms with Gasteiger partial charge in [-0.1, -0.05) is 27.7 Å². The Bertz CT molecular complexity index is 255. The van der Waals surface area contributed by atoms with Gasteiger partial charge in [-0.25, -0.2) is 4.79 Å². The molecule has 0 aliphatic carbocycles. The van der Waals surface area contributed by atoms with E-state index in [0.29, 0.717) is 24.9 Å². The van der Waals surface area contributed by atoms with Gasteiger partial charge in [0.1, 0.15) is 5.38 Å². The highest BCUT2D eigenvalue weighted by Crippen LogP contribution is 2.04. The highest BCUT2D eigenvalue weighted by Gasteiger charge is 2.20. The summed E-state index contributed by atoms with van der Waals surface area (Å²) in [6, 6.07) is -0.357. The highest BCUT2D eigenvalue weighted by atomic mass is 35.5. The normalized spacial score (nSPS) is 12.7. The SMILES string of the molecule is CC(C)CN(CC(C)C)C(=O)NC(=O)C(C)Cl. The average Bonchev–Trinajstić information content (AvgIpc) is 2.14. The zero-order chi connectivity index (χ0) is 13.6. The molecule has 0 saturated heterocycles. The number of carbonyl (C=O) groups is 2. The van der Waals surface area contributed by atoms with Gasteiger partial charge in [0.05, 0.1) is 0 Å². The maximum Gasteiger partial charge on any atom is 0.324 e. The lowest BCUT2D eigenvalue weighted by atomic mass is 10.1. The number of carbonyl (C=O) groups excluding carboxylic acids is 2. The molecule has 0 fully saturated rings. The van der Waals surface area contributed by atoms with Crippen molar-refractivity contribution in [3.05, 3.63) is 0 Å². The van der Waals surface area contributed by atoms with Crippen molar-refractivity contribution >= 4 is 23.5 Å². The fraction of sp³-hybridized carbons (Fsp3) is 0.833. The summed E-state index contributed by atoms with van der Waals surface area (Å²) in [5.41, 5.74) is 0. The van der Waals surface area contributed by atoms with Crippen molar-refractivity contribution in [2.24, 2.45) is 11.8 Å². The highest BCUT2D eigenvalue weighted by molar-refractivity contribution is 6.31. The fourth-order valence-corrected chi connectivity index (χ4v) is 1.46. The van der Waals surface area contributed by atoms with E-state index in [0.717, 1.165) is 0 Å². The molecule has 0 spiro atoms.